The summed E-state index contributed by atoms with van der Waals surface area (Å²) in [6, 6.07) is 8.02. The summed E-state index contributed by atoms with van der Waals surface area (Å²) in [5.41, 5.74) is 2.91. The van der Waals surface area contributed by atoms with E-state index in [1.165, 1.54) is 0 Å². The Labute approximate surface area is 143 Å². The number of hydrogen-bond donors (Lipinski definition) is 0. The Kier molecular flexibility index (Phi) is 10.3. The van der Waals surface area contributed by atoms with Gasteiger partial charge in [-0.25, -0.2) is 9.59 Å². The topological polar surface area (TPSA) is 52.6 Å². The van der Waals surface area contributed by atoms with E-state index in [1.807, 2.05) is 36.4 Å². The summed E-state index contributed by atoms with van der Waals surface area (Å²) in [4.78, 5) is 21.7. The quantitative estimate of drug-likeness (QED) is 0.428. The molecule has 24 heavy (non-hydrogen) atoms. The summed E-state index contributed by atoms with van der Waals surface area (Å²) in [7, 11) is 0. The molecule has 1 rings (SSSR count). The zero-order chi connectivity index (χ0) is 18.5. The van der Waals surface area contributed by atoms with Gasteiger partial charge in [0.1, 0.15) is 13.2 Å². The monoisotopic (exact) mass is 328 g/mol. The summed E-state index contributed by atoms with van der Waals surface area (Å²) < 4.78 is 9.38. The van der Waals surface area contributed by atoms with Crippen LogP contribution >= 0.6 is 0 Å². The number of benzene rings is 1. The van der Waals surface area contributed by atoms with Crippen LogP contribution in [-0.2, 0) is 19.1 Å². The Morgan fingerprint density at radius 2 is 1.21 bits per heavy atom. The molecule has 0 unspecified atom stereocenters. The molecule has 0 aliphatic carbocycles. The van der Waals surface area contributed by atoms with E-state index >= 15 is 0 Å². The summed E-state index contributed by atoms with van der Waals surface area (Å²) in [5.74, 6) is -0.979. The first-order valence-electron chi connectivity index (χ1n) is 7.32. The largest absolute Gasteiger partial charge is 0.459 e. The van der Waals surface area contributed by atoms with Gasteiger partial charge in [-0.2, -0.15) is 0 Å². The summed E-state index contributed by atoms with van der Waals surface area (Å²) in [6.45, 7) is 17.3. The van der Waals surface area contributed by atoms with Crippen LogP contribution in [0.25, 0.3) is 12.2 Å². The first-order chi connectivity index (χ1) is 11.3. The molecular formula is C20H24O4. The van der Waals surface area contributed by atoms with Crippen LogP contribution in [0, 0.1) is 0 Å². The molecule has 0 aromatic heterocycles. The molecule has 0 bridgehead atoms. The fourth-order valence-electron chi connectivity index (χ4n) is 1.40. The predicted octanol–water partition coefficient (Wildman–Crippen LogP) is 4.20. The third kappa shape index (κ3) is 8.54. The number of hydrogen-bond acceptors (Lipinski definition) is 4. The van der Waals surface area contributed by atoms with Gasteiger partial charge < -0.3 is 9.47 Å². The van der Waals surface area contributed by atoms with Gasteiger partial charge in [0.05, 0.1) is 0 Å². The second-order valence-electron chi connectivity index (χ2n) is 4.87. The van der Waals surface area contributed by atoms with E-state index in [4.69, 9.17) is 0 Å². The highest BCUT2D eigenvalue weighted by molar-refractivity contribution is 5.87. The third-order valence-electron chi connectivity index (χ3n) is 2.68. The van der Waals surface area contributed by atoms with Gasteiger partial charge in [-0.15, -0.1) is 0 Å². The maximum Gasteiger partial charge on any atom is 0.333 e. The number of esters is 2. The van der Waals surface area contributed by atoms with Crippen LogP contribution in [0.1, 0.15) is 25.0 Å². The Hall–Kier alpha value is -2.88. The summed E-state index contributed by atoms with van der Waals surface area (Å²) >= 11 is 0. The van der Waals surface area contributed by atoms with Crippen LogP contribution in [0.3, 0.4) is 0 Å². The molecule has 0 saturated carbocycles. The van der Waals surface area contributed by atoms with Crippen molar-refractivity contribution in [3.63, 3.8) is 0 Å². The Morgan fingerprint density at radius 3 is 1.46 bits per heavy atom. The molecule has 0 radical (unpaired) electrons. The van der Waals surface area contributed by atoms with Crippen LogP contribution in [-0.4, -0.2) is 25.2 Å². The van der Waals surface area contributed by atoms with E-state index in [0.29, 0.717) is 11.1 Å². The molecule has 1 aromatic rings. The van der Waals surface area contributed by atoms with E-state index < -0.39 is 11.9 Å². The lowest BCUT2D eigenvalue weighted by atomic mass is 10.1. The minimum atomic E-state index is -0.489. The van der Waals surface area contributed by atoms with E-state index in [2.05, 4.69) is 35.8 Å². The van der Waals surface area contributed by atoms with Crippen molar-refractivity contribution in [3.05, 3.63) is 72.9 Å². The van der Waals surface area contributed by atoms with Crippen molar-refractivity contribution in [2.75, 3.05) is 13.2 Å². The summed E-state index contributed by atoms with van der Waals surface area (Å²) in [5, 5.41) is 0. The van der Waals surface area contributed by atoms with Crippen molar-refractivity contribution in [2.45, 2.75) is 13.8 Å². The molecule has 0 atom stereocenters. The van der Waals surface area contributed by atoms with Gasteiger partial charge in [0.15, 0.2) is 0 Å². The third-order valence-corrected chi connectivity index (χ3v) is 2.68. The van der Waals surface area contributed by atoms with Crippen molar-refractivity contribution in [2.24, 2.45) is 0 Å². The maximum atomic E-state index is 10.8. The average molecular weight is 328 g/mol. The number of carbonyl (C=O) groups excluding carboxylic acids is 2. The molecule has 4 heteroatoms. The van der Waals surface area contributed by atoms with E-state index in [9.17, 15) is 9.59 Å². The number of rotatable bonds is 7. The maximum absolute atomic E-state index is 10.8. The fourth-order valence-corrected chi connectivity index (χ4v) is 1.40. The number of ether oxygens (including phenoxy) is 2. The van der Waals surface area contributed by atoms with Crippen molar-refractivity contribution < 1.29 is 19.1 Å². The van der Waals surface area contributed by atoms with Gasteiger partial charge in [-0.1, -0.05) is 62.7 Å². The molecule has 0 aliphatic rings. The Morgan fingerprint density at radius 1 is 0.875 bits per heavy atom. The van der Waals surface area contributed by atoms with E-state index in [0.717, 1.165) is 11.1 Å². The zero-order valence-electron chi connectivity index (χ0n) is 14.3. The normalized spacial score (nSPS) is 8.92. The highest BCUT2D eigenvalue weighted by Crippen LogP contribution is 2.10. The molecule has 128 valence electrons. The van der Waals surface area contributed by atoms with Gasteiger partial charge in [-0.05, 0) is 25.0 Å². The van der Waals surface area contributed by atoms with Crippen LogP contribution < -0.4 is 0 Å². The van der Waals surface area contributed by atoms with Crippen LogP contribution in [0.15, 0.2) is 61.7 Å². The van der Waals surface area contributed by atoms with Crippen molar-refractivity contribution in [1.29, 1.82) is 0 Å². The van der Waals surface area contributed by atoms with Gasteiger partial charge >= 0.3 is 11.9 Å². The summed E-state index contributed by atoms with van der Waals surface area (Å²) in [6.07, 6.45) is 3.66. The van der Waals surface area contributed by atoms with Crippen molar-refractivity contribution in [1.82, 2.24) is 0 Å². The Bertz CT molecular complexity index is 571. The standard InChI is InChI=1S/C10H14O4.C10H10/c1-7(2)9(11)13-5-6-14-10(12)8(3)4;1-3-9-7-5-6-8-10(9)4-2/h1,3,5-6H2,2,4H3;3-8H,1-2H2. The predicted molar refractivity (Wildman–Crippen MR) is 98.2 cm³/mol. The van der Waals surface area contributed by atoms with E-state index in [1.54, 1.807) is 13.8 Å². The molecule has 0 spiro atoms. The molecule has 0 fully saturated rings. The molecule has 1 aromatic carbocycles. The number of carbonyl (C=O) groups is 2. The fraction of sp³-hybridized carbons (Fsp3) is 0.200. The van der Waals surface area contributed by atoms with Crippen molar-refractivity contribution in [3.8, 4) is 0 Å². The highest BCUT2D eigenvalue weighted by atomic mass is 16.6. The van der Waals surface area contributed by atoms with Crippen LogP contribution in [0.2, 0.25) is 0 Å². The van der Waals surface area contributed by atoms with Crippen LogP contribution in [0.4, 0.5) is 0 Å². The van der Waals surface area contributed by atoms with Gasteiger partial charge in [0.2, 0.25) is 0 Å². The second kappa shape index (κ2) is 11.7. The van der Waals surface area contributed by atoms with Crippen LogP contribution in [0.5, 0.6) is 0 Å². The molecule has 0 aliphatic heterocycles. The van der Waals surface area contributed by atoms with Gasteiger partial charge in [0, 0.05) is 11.1 Å². The lowest BCUT2D eigenvalue weighted by molar-refractivity contribution is -0.147. The smallest absolute Gasteiger partial charge is 0.333 e. The second-order valence-corrected chi connectivity index (χ2v) is 4.87. The highest BCUT2D eigenvalue weighted by Gasteiger charge is 2.05. The SMILES string of the molecule is C=C(C)C(=O)OCCOC(=O)C(=C)C.C=Cc1ccccc1C=C. The van der Waals surface area contributed by atoms with Gasteiger partial charge in [0.25, 0.3) is 0 Å². The minimum absolute atomic E-state index is 0.0325. The lowest BCUT2D eigenvalue weighted by Crippen LogP contribution is -2.14. The minimum Gasteiger partial charge on any atom is -0.459 e. The first-order valence-corrected chi connectivity index (χ1v) is 7.32. The molecule has 4 nitrogen and oxygen atoms in total. The average Bonchev–Trinajstić information content (AvgIpc) is 2.58. The lowest BCUT2D eigenvalue weighted by Gasteiger charge is -2.05. The zero-order valence-corrected chi connectivity index (χ0v) is 14.3. The molecule has 0 amide bonds. The molecule has 0 heterocycles. The molecule has 0 saturated heterocycles. The van der Waals surface area contributed by atoms with E-state index in [-0.39, 0.29) is 13.2 Å². The van der Waals surface area contributed by atoms with Gasteiger partial charge in [-0.3, -0.25) is 0 Å². The molecular weight excluding hydrogens is 304 g/mol. The van der Waals surface area contributed by atoms with Crippen molar-refractivity contribution >= 4 is 24.1 Å². The first kappa shape index (κ1) is 21.1. The Balaban J connectivity index is 0.000000463. The molecule has 0 N–H and O–H groups in total.